The zero-order valence-corrected chi connectivity index (χ0v) is 15.7. The third-order valence-electron chi connectivity index (χ3n) is 5.43. The van der Waals surface area contributed by atoms with Crippen molar-refractivity contribution in [3.05, 3.63) is 69.3 Å². The minimum Gasteiger partial charge on any atom is -0.456 e. The average Bonchev–Trinajstić information content (AvgIpc) is 3.15. The Bertz CT molecular complexity index is 879. The molecule has 26 heavy (non-hydrogen) atoms. The van der Waals surface area contributed by atoms with Gasteiger partial charge in [0, 0.05) is 37.7 Å². The summed E-state index contributed by atoms with van der Waals surface area (Å²) < 4.78 is 5.56. The molecule has 1 aromatic carbocycles. The standard InChI is InChI=1S/C20H22N2O3.ClH/c1-12-5-3-4-6-16(12)19-17-10-21-9-14(17)11-22(19)20(24)18-8-15(23)7-13(2)25-18;/h3-8,14,17,19,21H,9-11H2,1-2H3;1H/t14-,17-,19-;/m0./s1. The number of hydrogen-bond donors (Lipinski definition) is 1. The van der Waals surface area contributed by atoms with Gasteiger partial charge in [-0.05, 0) is 30.9 Å². The van der Waals surface area contributed by atoms with E-state index >= 15 is 0 Å². The van der Waals surface area contributed by atoms with Gasteiger partial charge >= 0.3 is 0 Å². The summed E-state index contributed by atoms with van der Waals surface area (Å²) >= 11 is 0. The Labute approximate surface area is 158 Å². The second-order valence-electron chi connectivity index (χ2n) is 7.11. The lowest BCUT2D eigenvalue weighted by Crippen LogP contribution is -2.35. The average molecular weight is 375 g/mol. The smallest absolute Gasteiger partial charge is 0.290 e. The Morgan fingerprint density at radius 1 is 1.19 bits per heavy atom. The Kier molecular flexibility index (Phi) is 5.21. The van der Waals surface area contributed by atoms with Crippen LogP contribution in [0, 0.1) is 25.7 Å². The van der Waals surface area contributed by atoms with Crippen LogP contribution in [0.4, 0.5) is 0 Å². The van der Waals surface area contributed by atoms with Gasteiger partial charge in [-0.25, -0.2) is 0 Å². The molecule has 2 aliphatic heterocycles. The van der Waals surface area contributed by atoms with Gasteiger partial charge in [0.15, 0.2) is 11.2 Å². The molecule has 2 aromatic rings. The second kappa shape index (κ2) is 7.25. The van der Waals surface area contributed by atoms with Crippen molar-refractivity contribution in [1.29, 1.82) is 0 Å². The number of rotatable bonds is 2. The number of carbonyl (C=O) groups excluding carboxylic acids is 1. The van der Waals surface area contributed by atoms with Gasteiger partial charge in [0.05, 0.1) is 6.04 Å². The van der Waals surface area contributed by atoms with E-state index in [1.54, 1.807) is 6.92 Å². The van der Waals surface area contributed by atoms with E-state index in [1.165, 1.54) is 23.3 Å². The van der Waals surface area contributed by atoms with E-state index in [-0.39, 0.29) is 35.5 Å². The summed E-state index contributed by atoms with van der Waals surface area (Å²) in [4.78, 5) is 26.8. The predicted octanol–water partition coefficient (Wildman–Crippen LogP) is 2.71. The van der Waals surface area contributed by atoms with Crippen LogP contribution in [0.1, 0.15) is 33.5 Å². The molecule has 0 saturated carbocycles. The monoisotopic (exact) mass is 374 g/mol. The fraction of sp³-hybridized carbons (Fsp3) is 0.400. The van der Waals surface area contributed by atoms with E-state index in [9.17, 15) is 9.59 Å². The van der Waals surface area contributed by atoms with Gasteiger partial charge < -0.3 is 14.6 Å². The third kappa shape index (κ3) is 3.17. The highest BCUT2D eigenvalue weighted by molar-refractivity contribution is 5.92. The first-order valence-electron chi connectivity index (χ1n) is 8.73. The number of nitrogens with zero attached hydrogens (tertiary/aromatic N) is 1. The van der Waals surface area contributed by atoms with Crippen molar-refractivity contribution in [1.82, 2.24) is 10.2 Å². The van der Waals surface area contributed by atoms with E-state index in [1.807, 2.05) is 17.0 Å². The molecule has 4 rings (SSSR count). The van der Waals surface area contributed by atoms with E-state index < -0.39 is 0 Å². The van der Waals surface area contributed by atoms with Crippen LogP contribution in [0.25, 0.3) is 0 Å². The molecule has 3 atom stereocenters. The fourth-order valence-electron chi connectivity index (χ4n) is 4.30. The normalized spacial score (nSPS) is 24.2. The molecule has 6 heteroatoms. The molecule has 0 aliphatic carbocycles. The Morgan fingerprint density at radius 3 is 2.69 bits per heavy atom. The highest BCUT2D eigenvalue weighted by atomic mass is 35.5. The minimum atomic E-state index is -0.194. The minimum absolute atomic E-state index is 0. The van der Waals surface area contributed by atoms with Crippen LogP contribution < -0.4 is 10.7 Å². The lowest BCUT2D eigenvalue weighted by molar-refractivity contribution is 0.0676. The van der Waals surface area contributed by atoms with Gasteiger partial charge in [-0.15, -0.1) is 12.4 Å². The third-order valence-corrected chi connectivity index (χ3v) is 5.43. The van der Waals surface area contributed by atoms with Crippen LogP contribution >= 0.6 is 12.4 Å². The summed E-state index contributed by atoms with van der Waals surface area (Å²) in [6, 6.07) is 10.9. The van der Waals surface area contributed by atoms with Gasteiger partial charge in [0.2, 0.25) is 0 Å². The maximum absolute atomic E-state index is 13.2. The van der Waals surface area contributed by atoms with E-state index in [2.05, 4.69) is 24.4 Å². The largest absolute Gasteiger partial charge is 0.456 e. The lowest BCUT2D eigenvalue weighted by atomic mass is 9.87. The number of halogens is 1. The summed E-state index contributed by atoms with van der Waals surface area (Å²) in [6.07, 6.45) is 0. The van der Waals surface area contributed by atoms with Crippen molar-refractivity contribution in [2.45, 2.75) is 19.9 Å². The van der Waals surface area contributed by atoms with Crippen LogP contribution in [-0.4, -0.2) is 30.4 Å². The summed E-state index contributed by atoms with van der Waals surface area (Å²) in [6.45, 7) is 6.30. The summed E-state index contributed by atoms with van der Waals surface area (Å²) in [5.74, 6) is 1.23. The Hall–Kier alpha value is -2.11. The number of carbonyl (C=O) groups is 1. The van der Waals surface area contributed by atoms with Gasteiger partial charge in [0.1, 0.15) is 5.76 Å². The quantitative estimate of drug-likeness (QED) is 0.877. The van der Waals surface area contributed by atoms with Gasteiger partial charge in [-0.3, -0.25) is 9.59 Å². The number of amides is 1. The zero-order valence-electron chi connectivity index (χ0n) is 14.9. The molecule has 2 aliphatic rings. The molecule has 138 valence electrons. The first-order chi connectivity index (χ1) is 12.0. The predicted molar refractivity (Wildman–Crippen MR) is 102 cm³/mol. The number of aryl methyl sites for hydroxylation is 2. The zero-order chi connectivity index (χ0) is 17.6. The molecule has 1 amide bonds. The summed E-state index contributed by atoms with van der Waals surface area (Å²) in [5, 5.41) is 3.45. The first-order valence-corrected chi connectivity index (χ1v) is 8.73. The molecule has 5 nitrogen and oxygen atoms in total. The van der Waals surface area contributed by atoms with Crippen molar-refractivity contribution < 1.29 is 9.21 Å². The number of benzene rings is 1. The molecule has 0 unspecified atom stereocenters. The van der Waals surface area contributed by atoms with Crippen LogP contribution in [-0.2, 0) is 0 Å². The lowest BCUT2D eigenvalue weighted by Gasteiger charge is -2.29. The summed E-state index contributed by atoms with van der Waals surface area (Å²) in [5.41, 5.74) is 2.17. The first kappa shape index (κ1) is 18.7. The molecular formula is C20H23ClN2O3. The SMILES string of the molecule is Cc1cc(=O)cc(C(=O)N2C[C@@H]3CNC[C@@H]3[C@@H]2c2ccccc2C)o1.Cl. The highest BCUT2D eigenvalue weighted by Gasteiger charge is 2.47. The van der Waals surface area contributed by atoms with E-state index in [0.29, 0.717) is 24.1 Å². The number of hydrogen-bond acceptors (Lipinski definition) is 4. The van der Waals surface area contributed by atoms with Crippen LogP contribution in [0.2, 0.25) is 0 Å². The van der Waals surface area contributed by atoms with Crippen LogP contribution in [0.3, 0.4) is 0 Å². The molecule has 0 bridgehead atoms. The molecule has 2 saturated heterocycles. The van der Waals surface area contributed by atoms with Crippen molar-refractivity contribution in [2.24, 2.45) is 11.8 Å². The maximum Gasteiger partial charge on any atom is 0.290 e. The topological polar surface area (TPSA) is 62.6 Å². The van der Waals surface area contributed by atoms with Crippen molar-refractivity contribution >= 4 is 18.3 Å². The van der Waals surface area contributed by atoms with Crippen molar-refractivity contribution in [3.63, 3.8) is 0 Å². The number of fused-ring (bicyclic) bond motifs is 1. The van der Waals surface area contributed by atoms with Crippen molar-refractivity contribution in [3.8, 4) is 0 Å². The Morgan fingerprint density at radius 2 is 1.96 bits per heavy atom. The van der Waals surface area contributed by atoms with E-state index in [4.69, 9.17) is 4.42 Å². The molecular weight excluding hydrogens is 352 g/mol. The molecule has 1 N–H and O–H groups in total. The highest BCUT2D eigenvalue weighted by Crippen LogP contribution is 2.44. The Balaban J connectivity index is 0.00000196. The fourth-order valence-corrected chi connectivity index (χ4v) is 4.30. The molecule has 1 aromatic heterocycles. The number of nitrogens with one attached hydrogen (secondary N) is 1. The van der Waals surface area contributed by atoms with E-state index in [0.717, 1.165) is 13.1 Å². The summed E-state index contributed by atoms with van der Waals surface area (Å²) in [7, 11) is 0. The molecule has 2 fully saturated rings. The molecule has 0 radical (unpaired) electrons. The van der Waals surface area contributed by atoms with Crippen LogP contribution in [0.5, 0.6) is 0 Å². The van der Waals surface area contributed by atoms with Gasteiger partial charge in [0.25, 0.3) is 5.91 Å². The van der Waals surface area contributed by atoms with Gasteiger partial charge in [-0.2, -0.15) is 0 Å². The second-order valence-corrected chi connectivity index (χ2v) is 7.11. The van der Waals surface area contributed by atoms with Crippen molar-refractivity contribution in [2.75, 3.05) is 19.6 Å². The van der Waals surface area contributed by atoms with Crippen LogP contribution in [0.15, 0.2) is 45.6 Å². The molecule has 3 heterocycles. The molecule has 0 spiro atoms. The number of likely N-dealkylation sites (tertiary alicyclic amines) is 1. The maximum atomic E-state index is 13.2. The van der Waals surface area contributed by atoms with Gasteiger partial charge in [-0.1, -0.05) is 24.3 Å².